The van der Waals surface area contributed by atoms with Crippen LogP contribution >= 0.6 is 0 Å². The van der Waals surface area contributed by atoms with Gasteiger partial charge in [-0.1, -0.05) is 0 Å². The molecule has 0 aromatic heterocycles. The molecule has 6 nitrogen and oxygen atoms in total. The zero-order valence-corrected chi connectivity index (χ0v) is 13.4. The molecule has 1 heterocycles. The fraction of sp³-hybridized carbons (Fsp3) is 0.562. The van der Waals surface area contributed by atoms with Gasteiger partial charge >= 0.3 is 0 Å². The number of hydrogen-bond donors (Lipinski definition) is 1. The van der Waals surface area contributed by atoms with Gasteiger partial charge in [0.1, 0.15) is 11.5 Å². The van der Waals surface area contributed by atoms with Crippen molar-refractivity contribution < 1.29 is 19.4 Å². The maximum Gasteiger partial charge on any atom is 0.260 e. The van der Waals surface area contributed by atoms with E-state index in [2.05, 4.69) is 0 Å². The molecule has 122 valence electrons. The van der Waals surface area contributed by atoms with Crippen molar-refractivity contribution in [2.75, 3.05) is 47.4 Å². The maximum atomic E-state index is 12.2. The minimum atomic E-state index is -0.820. The molecular weight excluding hydrogens is 284 g/mol. The average molecular weight is 308 g/mol. The van der Waals surface area contributed by atoms with Crippen LogP contribution in [0.15, 0.2) is 24.3 Å². The average Bonchev–Trinajstić information content (AvgIpc) is 2.86. The van der Waals surface area contributed by atoms with Gasteiger partial charge in [-0.2, -0.15) is 0 Å². The van der Waals surface area contributed by atoms with Crippen molar-refractivity contribution in [3.63, 3.8) is 0 Å². The maximum absolute atomic E-state index is 12.2. The van der Waals surface area contributed by atoms with E-state index in [4.69, 9.17) is 9.47 Å². The first-order valence-corrected chi connectivity index (χ1v) is 7.34. The summed E-state index contributed by atoms with van der Waals surface area (Å²) in [6.45, 7) is 1.45. The van der Waals surface area contributed by atoms with Gasteiger partial charge in [0.05, 0.1) is 19.3 Å². The molecule has 0 unspecified atom stereocenters. The van der Waals surface area contributed by atoms with Crippen LogP contribution in [0.25, 0.3) is 0 Å². The number of likely N-dealkylation sites (tertiary alicyclic amines) is 1. The molecule has 1 fully saturated rings. The largest absolute Gasteiger partial charge is 0.497 e. The molecule has 6 heteroatoms. The Morgan fingerprint density at radius 3 is 2.55 bits per heavy atom. The summed E-state index contributed by atoms with van der Waals surface area (Å²) in [6, 6.07) is 7.09. The van der Waals surface area contributed by atoms with Crippen molar-refractivity contribution in [3.05, 3.63) is 24.3 Å². The van der Waals surface area contributed by atoms with E-state index in [0.717, 1.165) is 5.75 Å². The molecule has 0 aliphatic carbocycles. The summed E-state index contributed by atoms with van der Waals surface area (Å²) in [6.07, 6.45) is 0.597. The van der Waals surface area contributed by atoms with Gasteiger partial charge in [-0.25, -0.2) is 0 Å². The Balaban J connectivity index is 1.82. The molecule has 0 spiro atoms. The lowest BCUT2D eigenvalue weighted by Gasteiger charge is -2.26. The van der Waals surface area contributed by atoms with Crippen LogP contribution < -0.4 is 9.47 Å². The third-order valence-electron chi connectivity index (χ3n) is 3.72. The van der Waals surface area contributed by atoms with Gasteiger partial charge in [0.25, 0.3) is 5.91 Å². The highest BCUT2D eigenvalue weighted by atomic mass is 16.5. The van der Waals surface area contributed by atoms with Gasteiger partial charge in [0.2, 0.25) is 0 Å². The second kappa shape index (κ2) is 6.98. The van der Waals surface area contributed by atoms with Gasteiger partial charge < -0.3 is 24.4 Å². The van der Waals surface area contributed by atoms with E-state index in [0.29, 0.717) is 31.8 Å². The van der Waals surface area contributed by atoms with E-state index in [-0.39, 0.29) is 12.5 Å². The summed E-state index contributed by atoms with van der Waals surface area (Å²) in [5, 5.41) is 10.4. The number of carbonyl (C=O) groups excluding carboxylic acids is 1. The first kappa shape index (κ1) is 16.6. The number of aliphatic hydroxyl groups is 1. The van der Waals surface area contributed by atoms with Crippen LogP contribution in [0.2, 0.25) is 0 Å². The Labute approximate surface area is 131 Å². The molecular formula is C16H24N2O4. The molecule has 1 atom stereocenters. The van der Waals surface area contributed by atoms with Gasteiger partial charge in [-0.3, -0.25) is 4.79 Å². The molecule has 0 radical (unpaired) electrons. The Kier molecular flexibility index (Phi) is 5.26. The summed E-state index contributed by atoms with van der Waals surface area (Å²) in [7, 11) is 5.42. The fourth-order valence-electron chi connectivity index (χ4n) is 2.70. The highest BCUT2D eigenvalue weighted by molar-refractivity contribution is 5.78. The minimum Gasteiger partial charge on any atom is -0.497 e. The zero-order chi connectivity index (χ0) is 16.2. The van der Waals surface area contributed by atoms with E-state index < -0.39 is 5.60 Å². The summed E-state index contributed by atoms with van der Waals surface area (Å²) < 4.78 is 10.6. The number of hydrogen-bond acceptors (Lipinski definition) is 5. The molecule has 1 saturated heterocycles. The van der Waals surface area contributed by atoms with Crippen LogP contribution in [-0.2, 0) is 4.79 Å². The van der Waals surface area contributed by atoms with Gasteiger partial charge in [0, 0.05) is 13.1 Å². The molecule has 1 aromatic rings. The standard InChI is InChI=1S/C16H24N2O4/c1-17(2)11-16(20)8-9-18(12-16)15(19)10-22-14-6-4-13(21-3)5-7-14/h4-7,20H,8-12H2,1-3H3/t16-/m1/s1. The van der Waals surface area contributed by atoms with Gasteiger partial charge in [-0.05, 0) is 44.8 Å². The number of benzene rings is 1. The minimum absolute atomic E-state index is 0.0234. The van der Waals surface area contributed by atoms with Crippen molar-refractivity contribution >= 4 is 5.91 Å². The number of methoxy groups -OCH3 is 1. The summed E-state index contributed by atoms with van der Waals surface area (Å²) in [4.78, 5) is 15.8. The SMILES string of the molecule is COc1ccc(OCC(=O)N2CC[C@@](O)(CN(C)C)C2)cc1. The summed E-state index contributed by atoms with van der Waals surface area (Å²) >= 11 is 0. The van der Waals surface area contributed by atoms with E-state index in [1.165, 1.54) is 0 Å². The summed E-state index contributed by atoms with van der Waals surface area (Å²) in [5.41, 5.74) is -0.820. The quantitative estimate of drug-likeness (QED) is 0.834. The molecule has 22 heavy (non-hydrogen) atoms. The number of ether oxygens (including phenoxy) is 2. The third-order valence-corrected chi connectivity index (χ3v) is 3.72. The predicted octanol–water partition coefficient (Wildman–Crippen LogP) is 0.599. The van der Waals surface area contributed by atoms with Crippen molar-refractivity contribution in [1.29, 1.82) is 0 Å². The van der Waals surface area contributed by atoms with Crippen LogP contribution in [0.3, 0.4) is 0 Å². The van der Waals surface area contributed by atoms with E-state index in [9.17, 15) is 9.90 Å². The number of carbonyl (C=O) groups is 1. The lowest BCUT2D eigenvalue weighted by molar-refractivity contribution is -0.133. The second-order valence-corrected chi connectivity index (χ2v) is 5.99. The topological polar surface area (TPSA) is 62.2 Å². The van der Waals surface area contributed by atoms with Crippen LogP contribution in [0.1, 0.15) is 6.42 Å². The number of nitrogens with zero attached hydrogens (tertiary/aromatic N) is 2. The Morgan fingerprint density at radius 1 is 1.32 bits per heavy atom. The fourth-order valence-corrected chi connectivity index (χ4v) is 2.70. The second-order valence-electron chi connectivity index (χ2n) is 5.99. The van der Waals surface area contributed by atoms with Crippen molar-refractivity contribution in [2.45, 2.75) is 12.0 Å². The Morgan fingerprint density at radius 2 is 1.95 bits per heavy atom. The number of amides is 1. The first-order valence-electron chi connectivity index (χ1n) is 7.34. The number of rotatable bonds is 6. The number of β-amino-alcohol motifs (C(OH)–C–C–N with tert-alkyl or cyclic N) is 1. The lowest BCUT2D eigenvalue weighted by Crippen LogP contribution is -2.44. The normalized spacial score (nSPS) is 21.2. The van der Waals surface area contributed by atoms with E-state index in [1.807, 2.05) is 19.0 Å². The number of likely N-dealkylation sites (N-methyl/N-ethyl adjacent to an activating group) is 1. The van der Waals surface area contributed by atoms with E-state index in [1.54, 1.807) is 36.3 Å². The molecule has 0 bridgehead atoms. The van der Waals surface area contributed by atoms with Crippen molar-refractivity contribution in [3.8, 4) is 11.5 Å². The highest BCUT2D eigenvalue weighted by Crippen LogP contribution is 2.22. The van der Waals surface area contributed by atoms with Crippen molar-refractivity contribution in [1.82, 2.24) is 9.80 Å². The lowest BCUT2D eigenvalue weighted by atomic mass is 10.0. The Hall–Kier alpha value is -1.79. The molecule has 1 amide bonds. The molecule has 1 aliphatic rings. The highest BCUT2D eigenvalue weighted by Gasteiger charge is 2.38. The third kappa shape index (κ3) is 4.35. The van der Waals surface area contributed by atoms with Crippen LogP contribution in [0.5, 0.6) is 11.5 Å². The van der Waals surface area contributed by atoms with Gasteiger partial charge in [-0.15, -0.1) is 0 Å². The predicted molar refractivity (Wildman–Crippen MR) is 83.2 cm³/mol. The zero-order valence-electron chi connectivity index (χ0n) is 13.4. The molecule has 1 aliphatic heterocycles. The molecule has 1 aromatic carbocycles. The Bertz CT molecular complexity index is 503. The molecule has 1 N–H and O–H groups in total. The van der Waals surface area contributed by atoms with Crippen molar-refractivity contribution in [2.24, 2.45) is 0 Å². The van der Waals surface area contributed by atoms with Gasteiger partial charge in [0.15, 0.2) is 6.61 Å². The van der Waals surface area contributed by atoms with Crippen LogP contribution in [0, 0.1) is 0 Å². The monoisotopic (exact) mass is 308 g/mol. The molecule has 2 rings (SSSR count). The smallest absolute Gasteiger partial charge is 0.260 e. The first-order chi connectivity index (χ1) is 10.4. The van der Waals surface area contributed by atoms with E-state index >= 15 is 0 Å². The molecule has 0 saturated carbocycles. The summed E-state index contributed by atoms with van der Waals surface area (Å²) in [5.74, 6) is 1.26. The van der Waals surface area contributed by atoms with Crippen LogP contribution in [0.4, 0.5) is 0 Å². The van der Waals surface area contributed by atoms with Crippen LogP contribution in [-0.4, -0.2) is 73.9 Å².